The number of fused-ring (bicyclic) bond motifs is 1. The topological polar surface area (TPSA) is 111 Å². The van der Waals surface area contributed by atoms with Crippen LogP contribution in [0.4, 0.5) is 19.1 Å². The van der Waals surface area contributed by atoms with Crippen LogP contribution in [0.1, 0.15) is 31.2 Å². The number of rotatable bonds is 7. The van der Waals surface area contributed by atoms with Gasteiger partial charge in [-0.1, -0.05) is 11.6 Å². The second-order valence-corrected chi connectivity index (χ2v) is 8.69. The summed E-state index contributed by atoms with van der Waals surface area (Å²) < 4.78 is 43.7. The summed E-state index contributed by atoms with van der Waals surface area (Å²) in [5.74, 6) is 0.970. The maximum Gasteiger partial charge on any atom is 0.573 e. The van der Waals surface area contributed by atoms with Crippen LogP contribution >= 0.6 is 11.6 Å². The van der Waals surface area contributed by atoms with Crippen molar-refractivity contribution in [2.45, 2.75) is 38.6 Å². The fraction of sp³-hybridized carbons (Fsp3) is 0.476. The van der Waals surface area contributed by atoms with Crippen LogP contribution in [0.2, 0.25) is 5.02 Å². The molecule has 0 bridgehead atoms. The van der Waals surface area contributed by atoms with E-state index in [-0.39, 0.29) is 22.8 Å². The average Bonchev–Trinajstić information content (AvgIpc) is 3.08. The Morgan fingerprint density at radius 3 is 2.67 bits per heavy atom. The van der Waals surface area contributed by atoms with Crippen LogP contribution < -0.4 is 21.5 Å². The first-order valence-corrected chi connectivity index (χ1v) is 11.0. The number of benzene rings is 1. The second kappa shape index (κ2) is 9.60. The van der Waals surface area contributed by atoms with Gasteiger partial charge in [0, 0.05) is 17.1 Å². The van der Waals surface area contributed by atoms with Gasteiger partial charge < -0.3 is 20.8 Å². The third kappa shape index (κ3) is 5.77. The smallest absolute Gasteiger partial charge is 0.405 e. The maximum absolute atomic E-state index is 12.8. The van der Waals surface area contributed by atoms with Crippen molar-refractivity contribution in [2.75, 3.05) is 18.4 Å². The highest BCUT2D eigenvalue weighted by molar-refractivity contribution is 6.30. The number of hydrogen-bond acceptors (Lipinski definition) is 6. The number of ether oxygens (including phenoxy) is 1. The van der Waals surface area contributed by atoms with E-state index in [9.17, 15) is 18.0 Å². The van der Waals surface area contributed by atoms with Crippen LogP contribution in [-0.4, -0.2) is 39.0 Å². The van der Waals surface area contributed by atoms with Crippen molar-refractivity contribution >= 4 is 28.7 Å². The molecule has 0 radical (unpaired) electrons. The normalized spacial score (nSPS) is 19.1. The quantitative estimate of drug-likeness (QED) is 0.469. The molecule has 1 aliphatic rings. The lowest BCUT2D eigenvalue weighted by Crippen LogP contribution is -2.25. The van der Waals surface area contributed by atoms with Gasteiger partial charge in [0.2, 0.25) is 5.95 Å². The molecule has 178 valence electrons. The van der Waals surface area contributed by atoms with Gasteiger partial charge in [0.25, 0.3) is 0 Å². The molecular formula is C21H24ClF3N6O2. The number of H-pyrrole nitrogens is 1. The summed E-state index contributed by atoms with van der Waals surface area (Å²) in [5, 5.41) is 3.43. The molecule has 1 aliphatic carbocycles. The van der Waals surface area contributed by atoms with Crippen molar-refractivity contribution in [3.63, 3.8) is 0 Å². The monoisotopic (exact) mass is 484 g/mol. The minimum absolute atomic E-state index is 0.0904. The summed E-state index contributed by atoms with van der Waals surface area (Å²) in [5.41, 5.74) is 5.94. The SMILES string of the molecule is NC[C@H]1CC[C@H](CNc2ncc3[nH]c(=O)n(Cc4cc(Cl)ccc4OC(F)(F)F)c3n2)CC1. The number of nitrogens with one attached hydrogen (secondary N) is 2. The molecule has 33 heavy (non-hydrogen) atoms. The van der Waals surface area contributed by atoms with E-state index in [4.69, 9.17) is 17.3 Å². The van der Waals surface area contributed by atoms with Crippen molar-refractivity contribution in [3.05, 3.63) is 45.5 Å². The molecule has 1 aromatic carbocycles. The van der Waals surface area contributed by atoms with E-state index in [0.29, 0.717) is 36.4 Å². The zero-order valence-corrected chi connectivity index (χ0v) is 18.4. The number of alkyl halides is 3. The molecule has 0 amide bonds. The Kier molecular flexibility index (Phi) is 6.80. The van der Waals surface area contributed by atoms with Crippen LogP contribution in [-0.2, 0) is 6.54 Å². The van der Waals surface area contributed by atoms with Crippen molar-refractivity contribution in [1.29, 1.82) is 0 Å². The van der Waals surface area contributed by atoms with Gasteiger partial charge in [0.1, 0.15) is 11.3 Å². The average molecular weight is 485 g/mol. The number of halogens is 4. The summed E-state index contributed by atoms with van der Waals surface area (Å²) in [6, 6.07) is 3.73. The van der Waals surface area contributed by atoms with E-state index in [2.05, 4.69) is 25.0 Å². The minimum atomic E-state index is -4.88. The molecule has 3 aromatic rings. The summed E-state index contributed by atoms with van der Waals surface area (Å²) in [4.78, 5) is 23.8. The lowest BCUT2D eigenvalue weighted by molar-refractivity contribution is -0.274. The highest BCUT2D eigenvalue weighted by Crippen LogP contribution is 2.30. The molecular weight excluding hydrogens is 461 g/mol. The second-order valence-electron chi connectivity index (χ2n) is 8.25. The van der Waals surface area contributed by atoms with E-state index in [1.165, 1.54) is 22.9 Å². The zero-order chi connectivity index (χ0) is 23.6. The third-order valence-corrected chi connectivity index (χ3v) is 6.17. The first-order valence-electron chi connectivity index (χ1n) is 10.7. The van der Waals surface area contributed by atoms with E-state index >= 15 is 0 Å². The predicted molar refractivity (Wildman–Crippen MR) is 118 cm³/mol. The van der Waals surface area contributed by atoms with E-state index < -0.39 is 17.8 Å². The predicted octanol–water partition coefficient (Wildman–Crippen LogP) is 3.90. The fourth-order valence-electron chi connectivity index (χ4n) is 4.15. The number of aromatic amines is 1. The molecule has 0 spiro atoms. The fourth-order valence-corrected chi connectivity index (χ4v) is 4.35. The van der Waals surface area contributed by atoms with Crippen molar-refractivity contribution in [1.82, 2.24) is 19.5 Å². The Balaban J connectivity index is 1.55. The van der Waals surface area contributed by atoms with Crippen molar-refractivity contribution in [3.8, 4) is 5.75 Å². The Morgan fingerprint density at radius 2 is 1.97 bits per heavy atom. The first kappa shape index (κ1) is 23.4. The molecule has 1 saturated carbocycles. The first-order chi connectivity index (χ1) is 15.7. The van der Waals surface area contributed by atoms with Gasteiger partial charge in [0.05, 0.1) is 12.7 Å². The Bertz CT molecular complexity index is 1170. The number of aromatic nitrogens is 4. The van der Waals surface area contributed by atoms with Gasteiger partial charge in [-0.05, 0) is 62.3 Å². The Hall–Kier alpha value is -2.79. The maximum atomic E-state index is 12.8. The number of anilines is 1. The van der Waals surface area contributed by atoms with Gasteiger partial charge in [-0.25, -0.2) is 9.78 Å². The molecule has 4 N–H and O–H groups in total. The number of hydrogen-bond donors (Lipinski definition) is 3. The summed E-state index contributed by atoms with van der Waals surface area (Å²) in [7, 11) is 0. The van der Waals surface area contributed by atoms with Gasteiger partial charge in [-0.3, -0.25) is 4.57 Å². The standard InChI is InChI=1S/C21H24ClF3N6O2/c22-15-5-6-17(33-21(23,24)25)14(7-15)11-31-18-16(29-20(31)32)10-28-19(30-18)27-9-13-3-1-12(8-26)2-4-13/h5-7,10,12-13H,1-4,8-9,11,26H2,(H,29,32)(H,27,28,30)/t12-,13-. The van der Waals surface area contributed by atoms with Gasteiger partial charge >= 0.3 is 12.1 Å². The summed E-state index contributed by atoms with van der Waals surface area (Å²) in [6.45, 7) is 1.19. The van der Waals surface area contributed by atoms with Gasteiger partial charge in [-0.15, -0.1) is 13.2 Å². The highest BCUT2D eigenvalue weighted by atomic mass is 35.5. The summed E-state index contributed by atoms with van der Waals surface area (Å²) in [6.07, 6.45) is 0.935. The van der Waals surface area contributed by atoms with Crippen molar-refractivity contribution in [2.24, 2.45) is 17.6 Å². The molecule has 8 nitrogen and oxygen atoms in total. The molecule has 0 saturated heterocycles. The largest absolute Gasteiger partial charge is 0.573 e. The number of nitrogens with zero attached hydrogens (tertiary/aromatic N) is 3. The van der Waals surface area contributed by atoms with Crippen LogP contribution in [0.15, 0.2) is 29.2 Å². The van der Waals surface area contributed by atoms with E-state index in [1.54, 1.807) is 0 Å². The highest BCUT2D eigenvalue weighted by Gasteiger charge is 2.32. The molecule has 2 aromatic heterocycles. The summed E-state index contributed by atoms with van der Waals surface area (Å²) >= 11 is 5.97. The van der Waals surface area contributed by atoms with Crippen LogP contribution in [0, 0.1) is 11.8 Å². The number of nitrogens with two attached hydrogens (primary N) is 1. The molecule has 1 fully saturated rings. The van der Waals surface area contributed by atoms with Gasteiger partial charge in [-0.2, -0.15) is 4.98 Å². The third-order valence-electron chi connectivity index (χ3n) is 5.94. The van der Waals surface area contributed by atoms with Crippen molar-refractivity contribution < 1.29 is 17.9 Å². The number of imidazole rings is 1. The molecule has 4 rings (SSSR count). The van der Waals surface area contributed by atoms with Gasteiger partial charge in [0.15, 0.2) is 5.65 Å². The van der Waals surface area contributed by atoms with Crippen LogP contribution in [0.5, 0.6) is 5.75 Å². The van der Waals surface area contributed by atoms with Crippen LogP contribution in [0.3, 0.4) is 0 Å². The Labute approximate surface area is 192 Å². The molecule has 0 atom stereocenters. The molecule has 12 heteroatoms. The lowest BCUT2D eigenvalue weighted by Gasteiger charge is -2.27. The molecule has 2 heterocycles. The van der Waals surface area contributed by atoms with Crippen LogP contribution in [0.25, 0.3) is 11.2 Å². The van der Waals surface area contributed by atoms with E-state index in [1.807, 2.05) is 0 Å². The zero-order valence-electron chi connectivity index (χ0n) is 17.7. The Morgan fingerprint density at radius 1 is 1.24 bits per heavy atom. The molecule has 0 aliphatic heterocycles. The minimum Gasteiger partial charge on any atom is -0.405 e. The lowest BCUT2D eigenvalue weighted by atomic mass is 9.82. The molecule has 0 unspecified atom stereocenters. The van der Waals surface area contributed by atoms with E-state index in [0.717, 1.165) is 31.7 Å².